The predicted molar refractivity (Wildman–Crippen MR) is 84.3 cm³/mol. The standard InChI is InChI=1S/C14H19N3O4S/c1-9(18)16-11-5-6-13(17-22(2,20)21)12(7-11)14(19)15-8-10-3-4-10/h5-7,10,17H,3-4,8H2,1-2H3,(H,15,19)(H,16,18). The summed E-state index contributed by atoms with van der Waals surface area (Å²) in [5.41, 5.74) is 0.797. The summed E-state index contributed by atoms with van der Waals surface area (Å²) in [6, 6.07) is 4.45. The van der Waals surface area contributed by atoms with E-state index >= 15 is 0 Å². The molecule has 120 valence electrons. The number of benzene rings is 1. The Bertz CT molecular complexity index is 696. The predicted octanol–water partition coefficient (Wildman–Crippen LogP) is 1.16. The number of rotatable bonds is 6. The topological polar surface area (TPSA) is 104 Å². The monoisotopic (exact) mass is 325 g/mol. The second-order valence-corrected chi connectivity index (χ2v) is 7.22. The fourth-order valence-corrected chi connectivity index (χ4v) is 2.53. The highest BCUT2D eigenvalue weighted by Crippen LogP contribution is 2.28. The van der Waals surface area contributed by atoms with Crippen molar-refractivity contribution in [3.05, 3.63) is 23.8 Å². The first-order valence-corrected chi connectivity index (χ1v) is 8.81. The van der Waals surface area contributed by atoms with Crippen LogP contribution in [0, 0.1) is 5.92 Å². The molecule has 1 aliphatic carbocycles. The van der Waals surface area contributed by atoms with Gasteiger partial charge in [0.05, 0.1) is 17.5 Å². The van der Waals surface area contributed by atoms with Gasteiger partial charge < -0.3 is 10.6 Å². The van der Waals surface area contributed by atoms with Gasteiger partial charge in [-0.05, 0) is 37.0 Å². The Morgan fingerprint density at radius 3 is 2.50 bits per heavy atom. The summed E-state index contributed by atoms with van der Waals surface area (Å²) in [4.78, 5) is 23.4. The molecule has 7 nitrogen and oxygen atoms in total. The molecule has 0 heterocycles. The minimum Gasteiger partial charge on any atom is -0.352 e. The quantitative estimate of drug-likeness (QED) is 0.730. The molecule has 0 aromatic heterocycles. The molecule has 0 spiro atoms. The van der Waals surface area contributed by atoms with Crippen LogP contribution in [-0.2, 0) is 14.8 Å². The Kier molecular flexibility index (Phi) is 4.70. The fourth-order valence-electron chi connectivity index (χ4n) is 1.96. The lowest BCUT2D eigenvalue weighted by Crippen LogP contribution is -2.27. The van der Waals surface area contributed by atoms with Crippen LogP contribution in [0.15, 0.2) is 18.2 Å². The van der Waals surface area contributed by atoms with Crippen molar-refractivity contribution in [3.8, 4) is 0 Å². The highest BCUT2D eigenvalue weighted by Gasteiger charge is 2.23. The van der Waals surface area contributed by atoms with Crippen LogP contribution in [0.25, 0.3) is 0 Å². The molecule has 0 atom stereocenters. The molecule has 8 heteroatoms. The van der Waals surface area contributed by atoms with Gasteiger partial charge in [0, 0.05) is 19.2 Å². The normalized spacial score (nSPS) is 14.3. The van der Waals surface area contributed by atoms with Crippen LogP contribution in [-0.4, -0.2) is 33.0 Å². The van der Waals surface area contributed by atoms with E-state index in [0.717, 1.165) is 19.1 Å². The number of nitrogens with one attached hydrogen (secondary N) is 3. The molecule has 0 saturated heterocycles. The molecular formula is C14H19N3O4S. The highest BCUT2D eigenvalue weighted by atomic mass is 32.2. The van der Waals surface area contributed by atoms with E-state index < -0.39 is 10.0 Å². The Hall–Kier alpha value is -2.09. The van der Waals surface area contributed by atoms with Crippen molar-refractivity contribution in [2.75, 3.05) is 22.8 Å². The summed E-state index contributed by atoms with van der Waals surface area (Å²) in [6.45, 7) is 1.93. The van der Waals surface area contributed by atoms with Crippen molar-refractivity contribution < 1.29 is 18.0 Å². The molecule has 1 aromatic rings. The number of carbonyl (C=O) groups is 2. The van der Waals surface area contributed by atoms with Crippen molar-refractivity contribution >= 4 is 33.2 Å². The summed E-state index contributed by atoms with van der Waals surface area (Å²) in [5, 5.41) is 5.35. The summed E-state index contributed by atoms with van der Waals surface area (Å²) in [6.07, 6.45) is 3.21. The Morgan fingerprint density at radius 2 is 1.95 bits per heavy atom. The Morgan fingerprint density at radius 1 is 1.27 bits per heavy atom. The third-order valence-electron chi connectivity index (χ3n) is 3.13. The first-order chi connectivity index (χ1) is 10.2. The third-order valence-corrected chi connectivity index (χ3v) is 3.72. The minimum atomic E-state index is -3.51. The maximum atomic E-state index is 12.3. The number of carbonyl (C=O) groups excluding carboxylic acids is 2. The number of hydrogen-bond donors (Lipinski definition) is 3. The summed E-state index contributed by atoms with van der Waals surface area (Å²) >= 11 is 0. The van der Waals surface area contributed by atoms with Crippen LogP contribution in [0.4, 0.5) is 11.4 Å². The van der Waals surface area contributed by atoms with Crippen LogP contribution in [0.1, 0.15) is 30.1 Å². The maximum absolute atomic E-state index is 12.3. The van der Waals surface area contributed by atoms with Gasteiger partial charge >= 0.3 is 0 Å². The van der Waals surface area contributed by atoms with Gasteiger partial charge in [0.1, 0.15) is 0 Å². The van der Waals surface area contributed by atoms with Gasteiger partial charge in [-0.25, -0.2) is 8.42 Å². The smallest absolute Gasteiger partial charge is 0.253 e. The Balaban J connectivity index is 2.26. The van der Waals surface area contributed by atoms with Gasteiger partial charge in [-0.3, -0.25) is 14.3 Å². The van der Waals surface area contributed by atoms with E-state index in [-0.39, 0.29) is 23.1 Å². The van der Waals surface area contributed by atoms with Gasteiger partial charge in [-0.15, -0.1) is 0 Å². The fraction of sp³-hybridized carbons (Fsp3) is 0.429. The highest BCUT2D eigenvalue weighted by molar-refractivity contribution is 7.92. The van der Waals surface area contributed by atoms with Crippen LogP contribution in [0.2, 0.25) is 0 Å². The number of sulfonamides is 1. The second kappa shape index (κ2) is 6.35. The zero-order chi connectivity index (χ0) is 16.3. The van der Waals surface area contributed by atoms with Crippen molar-refractivity contribution in [3.63, 3.8) is 0 Å². The van der Waals surface area contributed by atoms with E-state index in [9.17, 15) is 18.0 Å². The van der Waals surface area contributed by atoms with E-state index in [4.69, 9.17) is 0 Å². The summed E-state index contributed by atoms with van der Waals surface area (Å²) in [5.74, 6) is -0.132. The van der Waals surface area contributed by atoms with Gasteiger partial charge in [0.15, 0.2) is 0 Å². The van der Waals surface area contributed by atoms with E-state index in [0.29, 0.717) is 18.2 Å². The molecule has 0 aliphatic heterocycles. The molecule has 0 unspecified atom stereocenters. The molecular weight excluding hydrogens is 306 g/mol. The van der Waals surface area contributed by atoms with Crippen LogP contribution in [0.5, 0.6) is 0 Å². The maximum Gasteiger partial charge on any atom is 0.253 e. The molecule has 1 aromatic carbocycles. The van der Waals surface area contributed by atoms with Crippen LogP contribution in [0.3, 0.4) is 0 Å². The van der Waals surface area contributed by atoms with E-state index in [1.54, 1.807) is 0 Å². The van der Waals surface area contributed by atoms with Crippen LogP contribution >= 0.6 is 0 Å². The zero-order valence-electron chi connectivity index (χ0n) is 12.5. The van der Waals surface area contributed by atoms with Crippen molar-refractivity contribution in [1.82, 2.24) is 5.32 Å². The number of anilines is 2. The summed E-state index contributed by atoms with van der Waals surface area (Å²) < 4.78 is 25.1. The first kappa shape index (κ1) is 16.3. The van der Waals surface area contributed by atoms with E-state index in [1.165, 1.54) is 25.1 Å². The third kappa shape index (κ3) is 5.03. The molecule has 1 aliphatic rings. The Labute approximate surface area is 129 Å². The largest absolute Gasteiger partial charge is 0.352 e. The van der Waals surface area contributed by atoms with Gasteiger partial charge in [0.2, 0.25) is 15.9 Å². The molecule has 1 saturated carbocycles. The van der Waals surface area contributed by atoms with Gasteiger partial charge in [-0.2, -0.15) is 0 Å². The minimum absolute atomic E-state index is 0.178. The SMILES string of the molecule is CC(=O)Nc1ccc(NS(C)(=O)=O)c(C(=O)NCC2CC2)c1. The summed E-state index contributed by atoms with van der Waals surface area (Å²) in [7, 11) is -3.51. The van der Waals surface area contributed by atoms with Gasteiger partial charge in [0.25, 0.3) is 5.91 Å². The second-order valence-electron chi connectivity index (χ2n) is 5.47. The lowest BCUT2D eigenvalue weighted by molar-refractivity contribution is -0.114. The van der Waals surface area contributed by atoms with Crippen molar-refractivity contribution in [2.24, 2.45) is 5.92 Å². The first-order valence-electron chi connectivity index (χ1n) is 6.92. The zero-order valence-corrected chi connectivity index (χ0v) is 13.3. The lowest BCUT2D eigenvalue weighted by Gasteiger charge is -2.13. The molecule has 3 N–H and O–H groups in total. The van der Waals surface area contributed by atoms with Crippen LogP contribution < -0.4 is 15.4 Å². The molecule has 0 radical (unpaired) electrons. The lowest BCUT2D eigenvalue weighted by atomic mass is 10.1. The molecule has 22 heavy (non-hydrogen) atoms. The van der Waals surface area contributed by atoms with Crippen molar-refractivity contribution in [2.45, 2.75) is 19.8 Å². The molecule has 0 bridgehead atoms. The van der Waals surface area contributed by atoms with Gasteiger partial charge in [-0.1, -0.05) is 0 Å². The molecule has 2 rings (SSSR count). The van der Waals surface area contributed by atoms with E-state index in [1.807, 2.05) is 0 Å². The number of amides is 2. The molecule has 2 amide bonds. The van der Waals surface area contributed by atoms with E-state index in [2.05, 4.69) is 15.4 Å². The average Bonchev–Trinajstić information content (AvgIpc) is 3.19. The average molecular weight is 325 g/mol. The molecule has 1 fully saturated rings. The number of hydrogen-bond acceptors (Lipinski definition) is 4. The van der Waals surface area contributed by atoms with Crippen molar-refractivity contribution in [1.29, 1.82) is 0 Å².